The molecule has 1 aliphatic heterocycles. The molecular weight excluding hydrogens is 260 g/mol. The molecule has 20 heavy (non-hydrogen) atoms. The number of carbonyl (C=O) groups is 2. The molecule has 1 heterocycles. The van der Waals surface area contributed by atoms with Gasteiger partial charge < -0.3 is 20.1 Å². The average Bonchev–Trinajstić information content (AvgIpc) is 2.86. The first-order valence-electron chi connectivity index (χ1n) is 7.38. The number of nitrogens with one attached hydrogen (secondary N) is 1. The molecule has 0 radical (unpaired) electrons. The summed E-state index contributed by atoms with van der Waals surface area (Å²) >= 11 is 0. The predicted molar refractivity (Wildman–Crippen MR) is 73.5 cm³/mol. The molecule has 6 heteroatoms. The molecular formula is C14H24N2O4. The van der Waals surface area contributed by atoms with Crippen molar-refractivity contribution < 1.29 is 19.4 Å². The fourth-order valence-electron chi connectivity index (χ4n) is 3.21. The molecule has 0 bridgehead atoms. The second-order valence-electron chi connectivity index (χ2n) is 5.87. The highest BCUT2D eigenvalue weighted by molar-refractivity contribution is 5.75. The molecule has 1 aliphatic carbocycles. The van der Waals surface area contributed by atoms with Crippen molar-refractivity contribution in [2.75, 3.05) is 20.2 Å². The molecule has 1 saturated carbocycles. The fourth-order valence-corrected chi connectivity index (χ4v) is 3.21. The predicted octanol–water partition coefficient (Wildman–Crippen LogP) is 1.45. The number of nitrogens with zero attached hydrogens (tertiary/aromatic N) is 1. The van der Waals surface area contributed by atoms with Crippen LogP contribution in [-0.4, -0.2) is 54.4 Å². The van der Waals surface area contributed by atoms with E-state index in [1.807, 2.05) is 0 Å². The standard InChI is InChI=1S/C14H24N2O4/c1-20-12-5-4-11(8-12)15-14(19)16-6-2-3-10(9-16)7-13(17)18/h10-12H,2-9H2,1H3,(H,15,19)(H,17,18). The van der Waals surface area contributed by atoms with Crippen molar-refractivity contribution in [1.29, 1.82) is 0 Å². The van der Waals surface area contributed by atoms with Crippen molar-refractivity contribution in [3.05, 3.63) is 0 Å². The van der Waals surface area contributed by atoms with E-state index < -0.39 is 5.97 Å². The van der Waals surface area contributed by atoms with Crippen LogP contribution in [-0.2, 0) is 9.53 Å². The highest BCUT2D eigenvalue weighted by Gasteiger charge is 2.29. The molecule has 6 nitrogen and oxygen atoms in total. The van der Waals surface area contributed by atoms with Gasteiger partial charge in [0.2, 0.25) is 0 Å². The highest BCUT2D eigenvalue weighted by atomic mass is 16.5. The number of amides is 2. The number of ether oxygens (including phenoxy) is 1. The largest absolute Gasteiger partial charge is 0.481 e. The molecule has 3 atom stereocenters. The third-order valence-electron chi connectivity index (χ3n) is 4.31. The summed E-state index contributed by atoms with van der Waals surface area (Å²) in [6.07, 6.45) is 5.00. The lowest BCUT2D eigenvalue weighted by Crippen LogP contribution is -2.48. The summed E-state index contributed by atoms with van der Waals surface area (Å²) in [5.74, 6) is -0.696. The number of carboxylic acids is 1. The van der Waals surface area contributed by atoms with Gasteiger partial charge in [-0.15, -0.1) is 0 Å². The van der Waals surface area contributed by atoms with Gasteiger partial charge in [0.15, 0.2) is 0 Å². The summed E-state index contributed by atoms with van der Waals surface area (Å²) in [5, 5.41) is 11.9. The van der Waals surface area contributed by atoms with Crippen molar-refractivity contribution >= 4 is 12.0 Å². The monoisotopic (exact) mass is 284 g/mol. The third kappa shape index (κ3) is 4.10. The van der Waals surface area contributed by atoms with Crippen LogP contribution in [0.1, 0.15) is 38.5 Å². The average molecular weight is 284 g/mol. The Kier molecular flexibility index (Phi) is 5.23. The minimum atomic E-state index is -0.781. The maximum Gasteiger partial charge on any atom is 0.317 e. The van der Waals surface area contributed by atoms with Crippen LogP contribution in [0, 0.1) is 5.92 Å². The Balaban J connectivity index is 1.78. The summed E-state index contributed by atoms with van der Waals surface area (Å²) in [7, 11) is 1.70. The number of hydrogen-bond acceptors (Lipinski definition) is 3. The normalized spacial score (nSPS) is 30.2. The Morgan fingerprint density at radius 3 is 2.80 bits per heavy atom. The Morgan fingerprint density at radius 2 is 2.15 bits per heavy atom. The van der Waals surface area contributed by atoms with Crippen molar-refractivity contribution in [2.45, 2.75) is 50.7 Å². The van der Waals surface area contributed by atoms with Crippen molar-refractivity contribution in [1.82, 2.24) is 10.2 Å². The van der Waals surface area contributed by atoms with E-state index in [0.29, 0.717) is 6.54 Å². The van der Waals surface area contributed by atoms with Gasteiger partial charge >= 0.3 is 12.0 Å². The lowest BCUT2D eigenvalue weighted by atomic mass is 9.95. The van der Waals surface area contributed by atoms with Crippen molar-refractivity contribution in [2.24, 2.45) is 5.92 Å². The minimum absolute atomic E-state index is 0.0539. The number of hydrogen-bond donors (Lipinski definition) is 2. The highest BCUT2D eigenvalue weighted by Crippen LogP contribution is 2.23. The summed E-state index contributed by atoms with van der Waals surface area (Å²) < 4.78 is 5.30. The molecule has 114 valence electrons. The second-order valence-corrected chi connectivity index (χ2v) is 5.87. The molecule has 2 fully saturated rings. The Labute approximate surface area is 119 Å². The van der Waals surface area contributed by atoms with E-state index in [2.05, 4.69) is 5.32 Å². The van der Waals surface area contributed by atoms with E-state index >= 15 is 0 Å². The second kappa shape index (κ2) is 6.92. The molecule has 0 spiro atoms. The zero-order valence-electron chi connectivity index (χ0n) is 12.0. The molecule has 2 rings (SSSR count). The lowest BCUT2D eigenvalue weighted by Gasteiger charge is -2.33. The van der Waals surface area contributed by atoms with Gasteiger partial charge in [0.25, 0.3) is 0 Å². The molecule has 1 saturated heterocycles. The van der Waals surface area contributed by atoms with Gasteiger partial charge in [-0.05, 0) is 38.0 Å². The maximum atomic E-state index is 12.2. The van der Waals surface area contributed by atoms with Crippen LogP contribution in [0.2, 0.25) is 0 Å². The van der Waals surface area contributed by atoms with Crippen LogP contribution < -0.4 is 5.32 Å². The molecule has 2 N–H and O–H groups in total. The van der Waals surface area contributed by atoms with E-state index in [1.165, 1.54) is 0 Å². The fraction of sp³-hybridized carbons (Fsp3) is 0.857. The third-order valence-corrected chi connectivity index (χ3v) is 4.31. The number of urea groups is 1. The smallest absolute Gasteiger partial charge is 0.317 e. The van der Waals surface area contributed by atoms with Gasteiger partial charge in [-0.1, -0.05) is 0 Å². The topological polar surface area (TPSA) is 78.9 Å². The minimum Gasteiger partial charge on any atom is -0.481 e. The lowest BCUT2D eigenvalue weighted by molar-refractivity contribution is -0.138. The van der Waals surface area contributed by atoms with E-state index in [0.717, 1.165) is 38.6 Å². The van der Waals surface area contributed by atoms with Gasteiger partial charge in [-0.25, -0.2) is 4.79 Å². The molecule has 0 aromatic rings. The van der Waals surface area contributed by atoms with Crippen LogP contribution in [0.4, 0.5) is 4.79 Å². The zero-order valence-corrected chi connectivity index (χ0v) is 12.0. The van der Waals surface area contributed by atoms with Gasteiger partial charge in [0.1, 0.15) is 0 Å². The summed E-state index contributed by atoms with van der Waals surface area (Å²) in [5.41, 5.74) is 0. The molecule has 3 unspecified atom stereocenters. The first-order chi connectivity index (χ1) is 9.58. The number of carboxylic acid groups (broad SMARTS) is 1. The number of methoxy groups -OCH3 is 1. The van der Waals surface area contributed by atoms with Crippen molar-refractivity contribution in [3.8, 4) is 0 Å². The maximum absolute atomic E-state index is 12.2. The number of carbonyl (C=O) groups excluding carboxylic acids is 1. The Bertz CT molecular complexity index is 361. The Hall–Kier alpha value is -1.30. The number of piperidine rings is 1. The molecule has 2 aliphatic rings. The van der Waals surface area contributed by atoms with E-state index in [4.69, 9.17) is 9.84 Å². The SMILES string of the molecule is COC1CCC(NC(=O)N2CCCC(CC(=O)O)C2)C1. The van der Waals surface area contributed by atoms with Crippen LogP contribution >= 0.6 is 0 Å². The molecule has 0 aromatic carbocycles. The summed E-state index contributed by atoms with van der Waals surface area (Å²) in [4.78, 5) is 24.7. The van der Waals surface area contributed by atoms with Crippen LogP contribution in [0.25, 0.3) is 0 Å². The van der Waals surface area contributed by atoms with Crippen LogP contribution in [0.15, 0.2) is 0 Å². The van der Waals surface area contributed by atoms with E-state index in [9.17, 15) is 9.59 Å². The van der Waals surface area contributed by atoms with E-state index in [1.54, 1.807) is 12.0 Å². The van der Waals surface area contributed by atoms with Gasteiger partial charge in [-0.3, -0.25) is 4.79 Å². The van der Waals surface area contributed by atoms with Crippen molar-refractivity contribution in [3.63, 3.8) is 0 Å². The van der Waals surface area contributed by atoms with Gasteiger partial charge in [-0.2, -0.15) is 0 Å². The first-order valence-corrected chi connectivity index (χ1v) is 7.38. The van der Waals surface area contributed by atoms with Gasteiger partial charge in [0.05, 0.1) is 6.10 Å². The molecule has 0 aromatic heterocycles. The number of likely N-dealkylation sites (tertiary alicyclic amines) is 1. The summed E-state index contributed by atoms with van der Waals surface area (Å²) in [6, 6.07) is 0.133. The first kappa shape index (κ1) is 15.1. The van der Waals surface area contributed by atoms with Crippen LogP contribution in [0.3, 0.4) is 0 Å². The van der Waals surface area contributed by atoms with Gasteiger partial charge in [0, 0.05) is 32.7 Å². The number of rotatable bonds is 4. The molecule has 2 amide bonds. The van der Waals surface area contributed by atoms with E-state index in [-0.39, 0.29) is 30.5 Å². The van der Waals surface area contributed by atoms with Crippen LogP contribution in [0.5, 0.6) is 0 Å². The summed E-state index contributed by atoms with van der Waals surface area (Å²) in [6.45, 7) is 1.28. The number of aliphatic carboxylic acids is 1. The zero-order chi connectivity index (χ0) is 14.5. The quantitative estimate of drug-likeness (QED) is 0.819. The Morgan fingerprint density at radius 1 is 1.35 bits per heavy atom.